The first-order chi connectivity index (χ1) is 7.11. The van der Waals surface area contributed by atoms with E-state index in [1.54, 1.807) is 6.20 Å². The SMILES string of the molecule is CC(C)CCOc1cccnc1C(N)=S. The molecule has 0 radical (unpaired) electrons. The molecule has 15 heavy (non-hydrogen) atoms. The summed E-state index contributed by atoms with van der Waals surface area (Å²) in [5.74, 6) is 1.29. The predicted octanol–water partition coefficient (Wildman–Crippen LogP) is 2.14. The van der Waals surface area contributed by atoms with Gasteiger partial charge in [0.2, 0.25) is 0 Å². The van der Waals surface area contributed by atoms with Crippen molar-refractivity contribution in [3.8, 4) is 5.75 Å². The molecule has 82 valence electrons. The second kappa shape index (κ2) is 5.66. The number of nitrogens with zero attached hydrogens (tertiary/aromatic N) is 1. The third-order valence-electron chi connectivity index (χ3n) is 1.96. The van der Waals surface area contributed by atoms with Crippen LogP contribution in [-0.4, -0.2) is 16.6 Å². The molecular formula is C11H16N2OS. The van der Waals surface area contributed by atoms with Gasteiger partial charge in [0.15, 0.2) is 0 Å². The van der Waals surface area contributed by atoms with Crippen LogP contribution in [0.5, 0.6) is 5.75 Å². The quantitative estimate of drug-likeness (QED) is 0.778. The summed E-state index contributed by atoms with van der Waals surface area (Å²) >= 11 is 4.89. The zero-order valence-corrected chi connectivity index (χ0v) is 9.88. The van der Waals surface area contributed by atoms with Crippen LogP contribution in [0.2, 0.25) is 0 Å². The summed E-state index contributed by atoms with van der Waals surface area (Å²) in [6, 6.07) is 3.65. The molecule has 0 saturated heterocycles. The summed E-state index contributed by atoms with van der Waals surface area (Å²) in [5.41, 5.74) is 6.10. The van der Waals surface area contributed by atoms with Gasteiger partial charge in [0.1, 0.15) is 16.4 Å². The molecule has 0 aliphatic heterocycles. The highest BCUT2D eigenvalue weighted by Gasteiger charge is 2.06. The van der Waals surface area contributed by atoms with Crippen LogP contribution in [0.25, 0.3) is 0 Å². The van der Waals surface area contributed by atoms with Crippen LogP contribution in [-0.2, 0) is 0 Å². The molecule has 0 aliphatic carbocycles. The molecule has 3 nitrogen and oxygen atoms in total. The first-order valence-corrected chi connectivity index (χ1v) is 5.39. The molecule has 0 aliphatic rings. The number of rotatable bonds is 5. The Hall–Kier alpha value is -1.16. The fraction of sp³-hybridized carbons (Fsp3) is 0.455. The Kier molecular flexibility index (Phi) is 4.49. The van der Waals surface area contributed by atoms with Crippen molar-refractivity contribution < 1.29 is 4.74 Å². The molecule has 1 aromatic heterocycles. The third kappa shape index (κ3) is 3.83. The average molecular weight is 224 g/mol. The summed E-state index contributed by atoms with van der Waals surface area (Å²) in [4.78, 5) is 4.36. The summed E-state index contributed by atoms with van der Waals surface area (Å²) in [6.07, 6.45) is 2.66. The molecule has 1 aromatic rings. The van der Waals surface area contributed by atoms with E-state index < -0.39 is 0 Å². The number of pyridine rings is 1. The van der Waals surface area contributed by atoms with E-state index in [0.29, 0.717) is 24.0 Å². The number of thiocarbonyl (C=S) groups is 1. The fourth-order valence-electron chi connectivity index (χ4n) is 1.10. The minimum Gasteiger partial charge on any atom is -0.491 e. The highest BCUT2D eigenvalue weighted by atomic mass is 32.1. The van der Waals surface area contributed by atoms with E-state index in [9.17, 15) is 0 Å². The Morgan fingerprint density at radius 3 is 2.93 bits per heavy atom. The lowest BCUT2D eigenvalue weighted by molar-refractivity contribution is 0.288. The third-order valence-corrected chi connectivity index (χ3v) is 2.15. The lowest BCUT2D eigenvalue weighted by Crippen LogP contribution is -2.14. The maximum atomic E-state index is 5.58. The molecule has 4 heteroatoms. The second-order valence-corrected chi connectivity index (χ2v) is 4.19. The van der Waals surface area contributed by atoms with Gasteiger partial charge in [0.05, 0.1) is 6.61 Å². The van der Waals surface area contributed by atoms with Gasteiger partial charge in [-0.25, -0.2) is 4.98 Å². The number of hydrogen-bond donors (Lipinski definition) is 1. The summed E-state index contributed by atoms with van der Waals surface area (Å²) < 4.78 is 5.58. The molecule has 0 unspecified atom stereocenters. The number of ether oxygens (including phenoxy) is 1. The van der Waals surface area contributed by atoms with Gasteiger partial charge in [-0.2, -0.15) is 0 Å². The van der Waals surface area contributed by atoms with Gasteiger partial charge in [0.25, 0.3) is 0 Å². The van der Waals surface area contributed by atoms with Crippen molar-refractivity contribution in [3.63, 3.8) is 0 Å². The van der Waals surface area contributed by atoms with Crippen molar-refractivity contribution in [2.75, 3.05) is 6.61 Å². The van der Waals surface area contributed by atoms with Crippen LogP contribution < -0.4 is 10.5 Å². The summed E-state index contributed by atoms with van der Waals surface area (Å²) in [6.45, 7) is 4.97. The van der Waals surface area contributed by atoms with E-state index in [1.165, 1.54) is 0 Å². The van der Waals surface area contributed by atoms with Crippen molar-refractivity contribution in [3.05, 3.63) is 24.0 Å². The van der Waals surface area contributed by atoms with E-state index in [0.717, 1.165) is 6.42 Å². The Labute approximate surface area is 95.7 Å². The van der Waals surface area contributed by atoms with E-state index >= 15 is 0 Å². The van der Waals surface area contributed by atoms with Crippen LogP contribution in [0.4, 0.5) is 0 Å². The molecule has 0 bridgehead atoms. The molecule has 1 heterocycles. The van der Waals surface area contributed by atoms with Crippen LogP contribution in [0, 0.1) is 5.92 Å². The topological polar surface area (TPSA) is 48.1 Å². The summed E-state index contributed by atoms with van der Waals surface area (Å²) in [7, 11) is 0. The van der Waals surface area contributed by atoms with Gasteiger partial charge in [-0.3, -0.25) is 0 Å². The number of nitrogens with two attached hydrogens (primary N) is 1. The average Bonchev–Trinajstić information content (AvgIpc) is 2.17. The molecule has 0 fully saturated rings. The van der Waals surface area contributed by atoms with Gasteiger partial charge in [-0.15, -0.1) is 0 Å². The van der Waals surface area contributed by atoms with Crippen LogP contribution in [0.3, 0.4) is 0 Å². The maximum absolute atomic E-state index is 5.58. The minimum atomic E-state index is 0.273. The molecule has 0 atom stereocenters. The Bertz CT molecular complexity index is 339. The summed E-state index contributed by atoms with van der Waals surface area (Å²) in [5, 5.41) is 0. The Morgan fingerprint density at radius 2 is 2.33 bits per heavy atom. The number of aromatic nitrogens is 1. The van der Waals surface area contributed by atoms with Crippen molar-refractivity contribution in [1.82, 2.24) is 4.98 Å². The van der Waals surface area contributed by atoms with Gasteiger partial charge < -0.3 is 10.5 Å². The first-order valence-electron chi connectivity index (χ1n) is 4.99. The zero-order valence-electron chi connectivity index (χ0n) is 9.06. The molecule has 0 amide bonds. The molecule has 2 N–H and O–H groups in total. The molecule has 0 spiro atoms. The Morgan fingerprint density at radius 1 is 1.60 bits per heavy atom. The van der Waals surface area contributed by atoms with E-state index in [-0.39, 0.29) is 4.99 Å². The van der Waals surface area contributed by atoms with Crippen LogP contribution in [0.15, 0.2) is 18.3 Å². The zero-order chi connectivity index (χ0) is 11.3. The van der Waals surface area contributed by atoms with Crippen LogP contribution >= 0.6 is 12.2 Å². The molecular weight excluding hydrogens is 208 g/mol. The fourth-order valence-corrected chi connectivity index (χ4v) is 1.25. The molecule has 1 rings (SSSR count). The van der Waals surface area contributed by atoms with E-state index in [2.05, 4.69) is 18.8 Å². The van der Waals surface area contributed by atoms with Gasteiger partial charge in [-0.05, 0) is 24.5 Å². The van der Waals surface area contributed by atoms with E-state index in [1.807, 2.05) is 12.1 Å². The maximum Gasteiger partial charge on any atom is 0.147 e. The van der Waals surface area contributed by atoms with Crippen molar-refractivity contribution in [2.45, 2.75) is 20.3 Å². The lowest BCUT2D eigenvalue weighted by atomic mass is 10.1. The highest BCUT2D eigenvalue weighted by molar-refractivity contribution is 7.80. The number of hydrogen-bond acceptors (Lipinski definition) is 3. The lowest BCUT2D eigenvalue weighted by Gasteiger charge is -2.10. The molecule has 0 aromatic carbocycles. The van der Waals surface area contributed by atoms with Gasteiger partial charge in [-0.1, -0.05) is 26.1 Å². The van der Waals surface area contributed by atoms with Gasteiger partial charge in [0, 0.05) is 6.20 Å². The van der Waals surface area contributed by atoms with Crippen molar-refractivity contribution in [1.29, 1.82) is 0 Å². The highest BCUT2D eigenvalue weighted by Crippen LogP contribution is 2.15. The Balaban J connectivity index is 2.63. The standard InChI is InChI=1S/C11H16N2OS/c1-8(2)5-7-14-9-4-3-6-13-10(9)11(12)15/h3-4,6,8H,5,7H2,1-2H3,(H2,12,15). The van der Waals surface area contributed by atoms with E-state index in [4.69, 9.17) is 22.7 Å². The second-order valence-electron chi connectivity index (χ2n) is 3.75. The minimum absolute atomic E-state index is 0.273. The normalized spacial score (nSPS) is 10.3. The monoisotopic (exact) mass is 224 g/mol. The predicted molar refractivity (Wildman–Crippen MR) is 65.1 cm³/mol. The van der Waals surface area contributed by atoms with Crippen molar-refractivity contribution >= 4 is 17.2 Å². The molecule has 0 saturated carbocycles. The van der Waals surface area contributed by atoms with Crippen LogP contribution in [0.1, 0.15) is 26.0 Å². The largest absolute Gasteiger partial charge is 0.491 e. The van der Waals surface area contributed by atoms with Crippen molar-refractivity contribution in [2.24, 2.45) is 11.7 Å². The smallest absolute Gasteiger partial charge is 0.147 e. The first kappa shape index (κ1) is 11.9. The van der Waals surface area contributed by atoms with Gasteiger partial charge >= 0.3 is 0 Å².